The Labute approximate surface area is 127 Å². The van der Waals surface area contributed by atoms with Gasteiger partial charge in [0, 0.05) is 11.9 Å². The molecule has 3 rings (SSSR count). The van der Waals surface area contributed by atoms with Crippen molar-refractivity contribution >= 4 is 22.5 Å². The van der Waals surface area contributed by atoms with Crippen molar-refractivity contribution in [3.63, 3.8) is 0 Å². The molecule has 0 fully saturated rings. The predicted octanol–water partition coefficient (Wildman–Crippen LogP) is 4.22. The molecule has 0 spiro atoms. The van der Waals surface area contributed by atoms with E-state index in [0.29, 0.717) is 17.3 Å². The molecule has 0 bridgehead atoms. The van der Waals surface area contributed by atoms with Crippen LogP contribution in [0.1, 0.15) is 11.1 Å². The van der Waals surface area contributed by atoms with Crippen LogP contribution >= 0.6 is 11.6 Å². The first kappa shape index (κ1) is 13.5. The summed E-state index contributed by atoms with van der Waals surface area (Å²) < 4.78 is 7.11. The largest absolute Gasteiger partial charge is 0.497 e. The highest BCUT2D eigenvalue weighted by Gasteiger charge is 2.15. The van der Waals surface area contributed by atoms with E-state index in [9.17, 15) is 5.26 Å². The maximum Gasteiger partial charge on any atom is 0.128 e. The standard InChI is InChI=1S/C17H13ClN2O/c1-21-13-8-6-12(7-9-13)11-20-16-5-3-2-4-14(16)15(10-19)17(20)18/h2-9H,11H2,1H3. The maximum absolute atomic E-state index is 9.30. The Morgan fingerprint density at radius 1 is 1.14 bits per heavy atom. The summed E-state index contributed by atoms with van der Waals surface area (Å²) in [6, 6.07) is 17.8. The Morgan fingerprint density at radius 2 is 1.86 bits per heavy atom. The molecule has 0 aliphatic carbocycles. The van der Waals surface area contributed by atoms with Gasteiger partial charge in [-0.3, -0.25) is 0 Å². The lowest BCUT2D eigenvalue weighted by molar-refractivity contribution is 0.414. The molecule has 21 heavy (non-hydrogen) atoms. The molecule has 0 aliphatic heterocycles. The predicted molar refractivity (Wildman–Crippen MR) is 83.8 cm³/mol. The summed E-state index contributed by atoms with van der Waals surface area (Å²) >= 11 is 6.38. The second-order valence-corrected chi connectivity index (χ2v) is 5.09. The number of ether oxygens (including phenoxy) is 1. The quantitative estimate of drug-likeness (QED) is 0.725. The van der Waals surface area contributed by atoms with E-state index >= 15 is 0 Å². The lowest BCUT2D eigenvalue weighted by atomic mass is 10.2. The molecule has 104 valence electrons. The molecule has 0 atom stereocenters. The molecule has 1 heterocycles. The number of rotatable bonds is 3. The van der Waals surface area contributed by atoms with Gasteiger partial charge in [0.25, 0.3) is 0 Å². The van der Waals surface area contributed by atoms with Gasteiger partial charge in [-0.25, -0.2) is 0 Å². The highest BCUT2D eigenvalue weighted by atomic mass is 35.5. The molecular weight excluding hydrogens is 284 g/mol. The Hall–Kier alpha value is -2.44. The number of hydrogen-bond donors (Lipinski definition) is 0. The van der Waals surface area contributed by atoms with Gasteiger partial charge in [-0.15, -0.1) is 0 Å². The van der Waals surface area contributed by atoms with E-state index in [1.165, 1.54) is 0 Å². The maximum atomic E-state index is 9.30. The molecular formula is C17H13ClN2O. The summed E-state index contributed by atoms with van der Waals surface area (Å²) in [5, 5.41) is 10.7. The monoisotopic (exact) mass is 296 g/mol. The number of nitrogens with zero attached hydrogens (tertiary/aromatic N) is 2. The molecule has 0 unspecified atom stereocenters. The lowest BCUT2D eigenvalue weighted by Gasteiger charge is -2.08. The van der Waals surface area contributed by atoms with Gasteiger partial charge >= 0.3 is 0 Å². The SMILES string of the molecule is COc1ccc(Cn2c(Cl)c(C#N)c3ccccc32)cc1. The third kappa shape index (κ3) is 2.35. The fraction of sp³-hybridized carbons (Fsp3) is 0.118. The zero-order valence-corrected chi connectivity index (χ0v) is 12.3. The third-order valence-corrected chi connectivity index (χ3v) is 3.91. The Bertz CT molecular complexity index is 828. The molecule has 1 aromatic heterocycles. The van der Waals surface area contributed by atoms with Gasteiger partial charge in [0.2, 0.25) is 0 Å². The van der Waals surface area contributed by atoms with Crippen LogP contribution in [0, 0.1) is 11.3 Å². The molecule has 4 heteroatoms. The van der Waals surface area contributed by atoms with Gasteiger partial charge in [0.15, 0.2) is 0 Å². The Morgan fingerprint density at radius 3 is 2.52 bits per heavy atom. The van der Waals surface area contributed by atoms with Gasteiger partial charge in [0.1, 0.15) is 17.0 Å². The van der Waals surface area contributed by atoms with Crippen molar-refractivity contribution in [2.24, 2.45) is 0 Å². The van der Waals surface area contributed by atoms with Gasteiger partial charge in [-0.2, -0.15) is 5.26 Å². The van der Waals surface area contributed by atoms with Gasteiger partial charge in [-0.1, -0.05) is 41.9 Å². The van der Waals surface area contributed by atoms with Crippen LogP contribution in [0.4, 0.5) is 0 Å². The first-order valence-electron chi connectivity index (χ1n) is 6.54. The van der Waals surface area contributed by atoms with E-state index < -0.39 is 0 Å². The smallest absolute Gasteiger partial charge is 0.128 e. The van der Waals surface area contributed by atoms with Crippen molar-refractivity contribution in [3.05, 3.63) is 64.8 Å². The minimum absolute atomic E-state index is 0.481. The van der Waals surface area contributed by atoms with Gasteiger partial charge < -0.3 is 9.30 Å². The highest BCUT2D eigenvalue weighted by Crippen LogP contribution is 2.30. The number of para-hydroxylation sites is 1. The number of nitriles is 1. The highest BCUT2D eigenvalue weighted by molar-refractivity contribution is 6.32. The number of fused-ring (bicyclic) bond motifs is 1. The van der Waals surface area contributed by atoms with Crippen LogP contribution in [0.15, 0.2) is 48.5 Å². The zero-order valence-electron chi connectivity index (χ0n) is 11.5. The molecule has 0 aliphatic rings. The number of halogens is 1. The van der Waals surface area contributed by atoms with Crippen molar-refractivity contribution in [1.82, 2.24) is 4.57 Å². The first-order chi connectivity index (χ1) is 10.2. The normalized spacial score (nSPS) is 10.5. The summed E-state index contributed by atoms with van der Waals surface area (Å²) in [5.41, 5.74) is 2.60. The fourth-order valence-electron chi connectivity index (χ4n) is 2.45. The summed E-state index contributed by atoms with van der Waals surface area (Å²) in [7, 11) is 1.64. The molecule has 0 N–H and O–H groups in total. The van der Waals surface area contributed by atoms with E-state index in [0.717, 1.165) is 22.2 Å². The lowest BCUT2D eigenvalue weighted by Crippen LogP contribution is -1.99. The average molecular weight is 297 g/mol. The van der Waals surface area contributed by atoms with E-state index in [4.69, 9.17) is 16.3 Å². The van der Waals surface area contributed by atoms with E-state index in [2.05, 4.69) is 6.07 Å². The van der Waals surface area contributed by atoms with Crippen molar-refractivity contribution in [1.29, 1.82) is 5.26 Å². The Kier molecular flexibility index (Phi) is 3.55. The molecule has 0 saturated carbocycles. The summed E-state index contributed by atoms with van der Waals surface area (Å²) in [4.78, 5) is 0. The van der Waals surface area contributed by atoms with Crippen molar-refractivity contribution in [2.45, 2.75) is 6.54 Å². The van der Waals surface area contributed by atoms with E-state index in [1.807, 2.05) is 53.1 Å². The van der Waals surface area contributed by atoms with Crippen LogP contribution in [0.5, 0.6) is 5.75 Å². The zero-order chi connectivity index (χ0) is 14.8. The van der Waals surface area contributed by atoms with Crippen LogP contribution in [0.3, 0.4) is 0 Å². The van der Waals surface area contributed by atoms with Gasteiger partial charge in [0.05, 0.1) is 18.2 Å². The Balaban J connectivity index is 2.08. The molecule has 0 radical (unpaired) electrons. The molecule has 2 aromatic carbocycles. The minimum Gasteiger partial charge on any atom is -0.497 e. The summed E-state index contributed by atoms with van der Waals surface area (Å²) in [6.45, 7) is 0.616. The van der Waals surface area contributed by atoms with Crippen LogP contribution in [0.2, 0.25) is 5.15 Å². The van der Waals surface area contributed by atoms with Crippen LogP contribution < -0.4 is 4.74 Å². The second-order valence-electron chi connectivity index (χ2n) is 4.73. The van der Waals surface area contributed by atoms with Crippen molar-refractivity contribution in [3.8, 4) is 11.8 Å². The van der Waals surface area contributed by atoms with Crippen molar-refractivity contribution < 1.29 is 4.74 Å². The number of methoxy groups -OCH3 is 1. The number of aromatic nitrogens is 1. The van der Waals surface area contributed by atoms with Crippen LogP contribution in [-0.2, 0) is 6.54 Å². The third-order valence-electron chi connectivity index (χ3n) is 3.52. The summed E-state index contributed by atoms with van der Waals surface area (Å²) in [5.74, 6) is 0.819. The minimum atomic E-state index is 0.481. The van der Waals surface area contributed by atoms with E-state index in [1.54, 1.807) is 7.11 Å². The van der Waals surface area contributed by atoms with Crippen LogP contribution in [0.25, 0.3) is 10.9 Å². The molecule has 0 saturated heterocycles. The van der Waals surface area contributed by atoms with E-state index in [-0.39, 0.29) is 0 Å². The molecule has 3 aromatic rings. The average Bonchev–Trinajstić information content (AvgIpc) is 2.80. The summed E-state index contributed by atoms with van der Waals surface area (Å²) in [6.07, 6.45) is 0. The number of hydrogen-bond acceptors (Lipinski definition) is 2. The van der Waals surface area contributed by atoms with Crippen molar-refractivity contribution in [2.75, 3.05) is 7.11 Å². The topological polar surface area (TPSA) is 38.0 Å². The van der Waals surface area contributed by atoms with Crippen LogP contribution in [-0.4, -0.2) is 11.7 Å². The second kappa shape index (κ2) is 5.51. The number of benzene rings is 2. The fourth-order valence-corrected chi connectivity index (χ4v) is 2.74. The molecule has 3 nitrogen and oxygen atoms in total. The van der Waals surface area contributed by atoms with Gasteiger partial charge in [-0.05, 0) is 23.8 Å². The first-order valence-corrected chi connectivity index (χ1v) is 6.92. The molecule has 0 amide bonds.